The molecule has 0 amide bonds. The van der Waals surface area contributed by atoms with Gasteiger partial charge in [0.05, 0.1) is 6.10 Å². The van der Waals surface area contributed by atoms with Gasteiger partial charge in [-0.3, -0.25) is 4.79 Å². The molecule has 0 radical (unpaired) electrons. The van der Waals surface area contributed by atoms with Gasteiger partial charge in [0.1, 0.15) is 12.1 Å². The summed E-state index contributed by atoms with van der Waals surface area (Å²) in [5, 5.41) is 0.311. The van der Waals surface area contributed by atoms with Crippen molar-refractivity contribution >= 4 is 23.8 Å². The van der Waals surface area contributed by atoms with Crippen molar-refractivity contribution in [3.63, 3.8) is 0 Å². The lowest BCUT2D eigenvalue weighted by Crippen LogP contribution is -2.40. The second-order valence-corrected chi connectivity index (χ2v) is 10.0. The molecule has 3 nitrogen and oxygen atoms in total. The molecule has 0 aromatic carbocycles. The van der Waals surface area contributed by atoms with Gasteiger partial charge in [-0.05, 0) is 44.9 Å². The number of ketones is 1. The molecule has 4 unspecified atom stereocenters. The van der Waals surface area contributed by atoms with E-state index in [1.807, 2.05) is 11.8 Å². The molecule has 0 saturated heterocycles. The lowest BCUT2D eigenvalue weighted by Gasteiger charge is -2.38. The molecule has 0 bridgehead atoms. The first kappa shape index (κ1) is 22.9. The highest BCUT2D eigenvalue weighted by Gasteiger charge is 2.40. The topological polar surface area (TPSA) is 43.4 Å². The van der Waals surface area contributed by atoms with Gasteiger partial charge in [-0.15, -0.1) is 0 Å². The number of methoxy groups -OCH3 is 1. The number of Topliss-reactive ketones (excluding diaryl/α,β-unsaturated/α-hetero) is 1. The van der Waals surface area contributed by atoms with Crippen LogP contribution in [-0.2, 0) is 14.3 Å². The molecule has 4 atom stereocenters. The number of rotatable bonds is 11. The molecular formula is C23H40O3S. The van der Waals surface area contributed by atoms with Gasteiger partial charge >= 0.3 is 0 Å². The Balaban J connectivity index is 2.05. The molecule has 2 fully saturated rings. The van der Waals surface area contributed by atoms with E-state index in [0.717, 1.165) is 63.5 Å². The highest BCUT2D eigenvalue weighted by atomic mass is 32.2. The largest absolute Gasteiger partial charge is 0.381 e. The maximum absolute atomic E-state index is 13.3. The van der Waals surface area contributed by atoms with Crippen molar-refractivity contribution in [1.29, 1.82) is 0 Å². The summed E-state index contributed by atoms with van der Waals surface area (Å²) < 4.78 is 5.65. The summed E-state index contributed by atoms with van der Waals surface area (Å²) in [6, 6.07) is 0. The Bertz CT molecular complexity index is 461. The van der Waals surface area contributed by atoms with E-state index in [9.17, 15) is 9.59 Å². The van der Waals surface area contributed by atoms with Gasteiger partial charge in [0.25, 0.3) is 0 Å². The second-order valence-electron chi connectivity index (χ2n) is 8.80. The molecule has 4 heteroatoms. The van der Waals surface area contributed by atoms with Gasteiger partial charge in [-0.1, -0.05) is 46.0 Å². The van der Waals surface area contributed by atoms with Crippen LogP contribution in [0.5, 0.6) is 0 Å². The Labute approximate surface area is 170 Å². The van der Waals surface area contributed by atoms with Crippen LogP contribution in [0.1, 0.15) is 90.9 Å². The number of hydrogen-bond acceptors (Lipinski definition) is 4. The Hall–Kier alpha value is -0.350. The number of aldehydes is 1. The van der Waals surface area contributed by atoms with Crippen LogP contribution in [0.4, 0.5) is 0 Å². The summed E-state index contributed by atoms with van der Waals surface area (Å²) in [4.78, 5) is 25.2. The Kier molecular flexibility index (Phi) is 9.86. The van der Waals surface area contributed by atoms with E-state index in [1.165, 1.54) is 25.5 Å². The fourth-order valence-corrected chi connectivity index (χ4v) is 6.65. The number of carbonyl (C=O) groups is 2. The SMILES string of the molecule is CCCCC(C=O)(CC)CSC1CC(OC)CCC1C(=O)C1CCCCC1. The van der Waals surface area contributed by atoms with Gasteiger partial charge < -0.3 is 9.53 Å². The molecule has 0 aliphatic heterocycles. The lowest BCUT2D eigenvalue weighted by atomic mass is 9.75. The van der Waals surface area contributed by atoms with E-state index in [-0.39, 0.29) is 23.4 Å². The number of carbonyl (C=O) groups excluding carboxylic acids is 2. The van der Waals surface area contributed by atoms with Crippen molar-refractivity contribution in [1.82, 2.24) is 0 Å². The molecule has 2 saturated carbocycles. The molecular weight excluding hydrogens is 356 g/mol. The minimum Gasteiger partial charge on any atom is -0.381 e. The van der Waals surface area contributed by atoms with Gasteiger partial charge in [0.2, 0.25) is 0 Å². The van der Waals surface area contributed by atoms with Gasteiger partial charge in [0, 0.05) is 35.4 Å². The first-order chi connectivity index (χ1) is 13.1. The molecule has 0 aromatic rings. The maximum atomic E-state index is 13.3. The second kappa shape index (κ2) is 11.6. The average molecular weight is 397 g/mol. The normalized spacial score (nSPS) is 29.2. The molecule has 2 rings (SSSR count). The molecule has 156 valence electrons. The standard InChI is InChI=1S/C23H40O3S/c1-4-6-14-23(5-2,16-24)17-27-21-15-19(26-3)12-13-20(21)22(25)18-10-8-7-9-11-18/h16,18-21H,4-15,17H2,1-3H3. The van der Waals surface area contributed by atoms with E-state index in [0.29, 0.717) is 11.0 Å². The van der Waals surface area contributed by atoms with Crippen LogP contribution in [0, 0.1) is 17.3 Å². The predicted octanol–water partition coefficient (Wildman–Crippen LogP) is 5.84. The highest BCUT2D eigenvalue weighted by Crippen LogP contribution is 2.42. The fourth-order valence-electron chi connectivity index (χ4n) is 4.84. The first-order valence-corrected chi connectivity index (χ1v) is 12.3. The number of unbranched alkanes of at least 4 members (excludes halogenated alkanes) is 1. The minimum atomic E-state index is -0.223. The van der Waals surface area contributed by atoms with Crippen LogP contribution in [-0.4, -0.2) is 36.3 Å². The zero-order valence-corrected chi connectivity index (χ0v) is 18.5. The Morgan fingerprint density at radius 2 is 1.89 bits per heavy atom. The summed E-state index contributed by atoms with van der Waals surface area (Å²) >= 11 is 1.89. The van der Waals surface area contributed by atoms with Crippen LogP contribution in [0.25, 0.3) is 0 Å². The molecule has 0 spiro atoms. The number of ether oxygens (including phenoxy) is 1. The molecule has 27 heavy (non-hydrogen) atoms. The zero-order chi connectivity index (χ0) is 19.7. The summed E-state index contributed by atoms with van der Waals surface area (Å²) in [5.41, 5.74) is -0.223. The summed E-state index contributed by atoms with van der Waals surface area (Å²) in [5.74, 6) is 1.82. The molecule has 0 heterocycles. The minimum absolute atomic E-state index is 0.164. The Morgan fingerprint density at radius 3 is 2.48 bits per heavy atom. The summed E-state index contributed by atoms with van der Waals surface area (Å²) in [6.07, 6.45) is 14.3. The van der Waals surface area contributed by atoms with Crippen molar-refractivity contribution < 1.29 is 14.3 Å². The fraction of sp³-hybridized carbons (Fsp3) is 0.913. The third kappa shape index (κ3) is 6.32. The molecule has 2 aliphatic carbocycles. The van der Waals surface area contributed by atoms with E-state index < -0.39 is 0 Å². The van der Waals surface area contributed by atoms with Crippen LogP contribution in [0.3, 0.4) is 0 Å². The number of thioether (sulfide) groups is 1. The molecule has 0 N–H and O–H groups in total. The van der Waals surface area contributed by atoms with Crippen molar-refractivity contribution in [3.05, 3.63) is 0 Å². The van der Waals surface area contributed by atoms with Gasteiger partial charge in [-0.2, -0.15) is 11.8 Å². The van der Waals surface area contributed by atoms with E-state index in [4.69, 9.17) is 4.74 Å². The maximum Gasteiger partial charge on any atom is 0.140 e. The third-order valence-electron chi connectivity index (χ3n) is 7.02. The lowest BCUT2D eigenvalue weighted by molar-refractivity contribution is -0.129. The van der Waals surface area contributed by atoms with E-state index in [2.05, 4.69) is 13.8 Å². The monoisotopic (exact) mass is 396 g/mol. The quantitative estimate of drug-likeness (QED) is 0.412. The average Bonchev–Trinajstić information content (AvgIpc) is 2.74. The predicted molar refractivity (Wildman–Crippen MR) is 114 cm³/mol. The smallest absolute Gasteiger partial charge is 0.140 e. The van der Waals surface area contributed by atoms with Crippen molar-refractivity contribution in [2.24, 2.45) is 17.3 Å². The van der Waals surface area contributed by atoms with E-state index in [1.54, 1.807) is 7.11 Å². The first-order valence-electron chi connectivity index (χ1n) is 11.2. The van der Waals surface area contributed by atoms with E-state index >= 15 is 0 Å². The summed E-state index contributed by atoms with van der Waals surface area (Å²) in [7, 11) is 1.79. The van der Waals surface area contributed by atoms with Gasteiger partial charge in [-0.25, -0.2) is 0 Å². The van der Waals surface area contributed by atoms with Crippen LogP contribution in [0.15, 0.2) is 0 Å². The number of hydrogen-bond donors (Lipinski definition) is 0. The molecule has 0 aromatic heterocycles. The zero-order valence-electron chi connectivity index (χ0n) is 17.7. The summed E-state index contributed by atoms with van der Waals surface area (Å²) in [6.45, 7) is 4.32. The van der Waals surface area contributed by atoms with Crippen LogP contribution in [0.2, 0.25) is 0 Å². The van der Waals surface area contributed by atoms with Crippen molar-refractivity contribution in [2.45, 2.75) is 102 Å². The molecule has 2 aliphatic rings. The van der Waals surface area contributed by atoms with Crippen LogP contribution < -0.4 is 0 Å². The third-order valence-corrected chi connectivity index (χ3v) is 8.71. The van der Waals surface area contributed by atoms with Crippen LogP contribution >= 0.6 is 11.8 Å². The Morgan fingerprint density at radius 1 is 1.15 bits per heavy atom. The van der Waals surface area contributed by atoms with Crippen molar-refractivity contribution in [2.75, 3.05) is 12.9 Å². The van der Waals surface area contributed by atoms with Gasteiger partial charge in [0.15, 0.2) is 0 Å². The highest BCUT2D eigenvalue weighted by molar-refractivity contribution is 8.00. The van der Waals surface area contributed by atoms with Crippen molar-refractivity contribution in [3.8, 4) is 0 Å².